The van der Waals surface area contributed by atoms with Crippen LogP contribution in [0.1, 0.15) is 342 Å². The van der Waals surface area contributed by atoms with Crippen LogP contribution in [0.25, 0.3) is 0 Å². The molecule has 0 aromatic heterocycles. The summed E-state index contributed by atoms with van der Waals surface area (Å²) < 4.78 is 17.0. The normalized spacial score (nSPS) is 12.7. The molecule has 0 amide bonds. The lowest BCUT2D eigenvalue weighted by Gasteiger charge is -2.18. The largest absolute Gasteiger partial charge is 0.462 e. The van der Waals surface area contributed by atoms with Gasteiger partial charge in [-0.1, -0.05) is 317 Å². The van der Waals surface area contributed by atoms with Crippen molar-refractivity contribution in [1.82, 2.24) is 0 Å². The molecule has 0 bridgehead atoms. The highest BCUT2D eigenvalue weighted by Crippen LogP contribution is 2.17. The Bertz CT molecular complexity index is 1580. The van der Waals surface area contributed by atoms with Crippen molar-refractivity contribution in [2.24, 2.45) is 0 Å². The van der Waals surface area contributed by atoms with E-state index in [0.29, 0.717) is 19.3 Å². The molecule has 0 fully saturated rings. The number of allylic oxidation sites excluding steroid dienone is 16. The van der Waals surface area contributed by atoms with Gasteiger partial charge in [-0.2, -0.15) is 0 Å². The molecule has 0 rings (SSSR count). The minimum absolute atomic E-state index is 0.0903. The molecule has 1 atom stereocenters. The zero-order chi connectivity index (χ0) is 58.5. The van der Waals surface area contributed by atoms with Gasteiger partial charge >= 0.3 is 17.9 Å². The number of ether oxygens (including phenoxy) is 3. The van der Waals surface area contributed by atoms with Crippen molar-refractivity contribution in [2.45, 2.75) is 348 Å². The van der Waals surface area contributed by atoms with E-state index in [1.54, 1.807) is 0 Å². The fourth-order valence-electron chi connectivity index (χ4n) is 9.89. The number of unbranched alkanes of at least 4 members (excludes halogenated alkanes) is 36. The Morgan fingerprint density at radius 3 is 0.765 bits per heavy atom. The zero-order valence-corrected chi connectivity index (χ0v) is 53.5. The lowest BCUT2D eigenvalue weighted by atomic mass is 10.0. The van der Waals surface area contributed by atoms with Crippen molar-refractivity contribution in [1.29, 1.82) is 0 Å². The van der Waals surface area contributed by atoms with E-state index in [4.69, 9.17) is 14.2 Å². The lowest BCUT2D eigenvalue weighted by molar-refractivity contribution is -0.167. The van der Waals surface area contributed by atoms with E-state index in [1.807, 2.05) is 0 Å². The summed E-state index contributed by atoms with van der Waals surface area (Å²) in [6.07, 6.45) is 92.8. The number of esters is 3. The Morgan fingerprint density at radius 1 is 0.259 bits per heavy atom. The molecule has 0 N–H and O–H groups in total. The highest BCUT2D eigenvalue weighted by molar-refractivity contribution is 5.71. The van der Waals surface area contributed by atoms with Crippen LogP contribution < -0.4 is 0 Å². The molecule has 6 nitrogen and oxygen atoms in total. The van der Waals surface area contributed by atoms with Gasteiger partial charge in [-0.25, -0.2) is 0 Å². The summed E-state index contributed by atoms with van der Waals surface area (Å²) in [5.74, 6) is -0.914. The third kappa shape index (κ3) is 67.0. The summed E-state index contributed by atoms with van der Waals surface area (Å²) in [5.41, 5.74) is 0. The van der Waals surface area contributed by atoms with Crippen LogP contribution in [0, 0.1) is 0 Å². The number of hydrogen-bond acceptors (Lipinski definition) is 6. The van der Waals surface area contributed by atoms with Crippen molar-refractivity contribution in [2.75, 3.05) is 13.2 Å². The number of carbonyl (C=O) groups is 3. The van der Waals surface area contributed by atoms with Crippen molar-refractivity contribution in [3.05, 3.63) is 97.2 Å². The third-order valence-electron chi connectivity index (χ3n) is 15.1. The van der Waals surface area contributed by atoms with Gasteiger partial charge in [0, 0.05) is 19.3 Å². The van der Waals surface area contributed by atoms with Crippen LogP contribution in [0.3, 0.4) is 0 Å². The molecule has 0 aromatic rings. The van der Waals surface area contributed by atoms with Gasteiger partial charge in [0.05, 0.1) is 0 Å². The Balaban J connectivity index is 4.39. The van der Waals surface area contributed by atoms with Crippen LogP contribution in [-0.4, -0.2) is 37.2 Å². The average Bonchev–Trinajstić information content (AvgIpc) is 3.47. The maximum Gasteiger partial charge on any atom is 0.306 e. The first kappa shape index (κ1) is 77.3. The SMILES string of the molecule is CC/C=C\C/C=C\C/C=C\C/C=C\C/C=C\C/C=C\CCCCCCC(=O)OC(COC(=O)CCCCCCC/C=C\C/C=C\CCCCCC)COC(=O)CCCCCCCCCCCCCCCCCCCCCCCCCC. The van der Waals surface area contributed by atoms with Crippen LogP contribution >= 0.6 is 0 Å². The summed E-state index contributed by atoms with van der Waals surface area (Å²) in [7, 11) is 0. The van der Waals surface area contributed by atoms with Gasteiger partial charge in [0.25, 0.3) is 0 Å². The summed E-state index contributed by atoms with van der Waals surface area (Å²) >= 11 is 0. The molecular formula is C75H130O6. The van der Waals surface area contributed by atoms with Crippen molar-refractivity contribution >= 4 is 17.9 Å². The molecule has 0 aromatic carbocycles. The maximum absolute atomic E-state index is 12.9. The molecule has 0 radical (unpaired) electrons. The van der Waals surface area contributed by atoms with Crippen LogP contribution in [0.2, 0.25) is 0 Å². The Kier molecular flexibility index (Phi) is 65.7. The van der Waals surface area contributed by atoms with E-state index in [2.05, 4.69) is 118 Å². The Morgan fingerprint density at radius 2 is 0.481 bits per heavy atom. The topological polar surface area (TPSA) is 78.9 Å². The standard InChI is InChI=1S/C75H130O6/c1-4-7-10-13-16-19-22-25-28-31-33-35-37-39-40-42-44-47-50-53-56-59-62-65-68-74(77)80-71-72(70-79-73(76)67-64-61-58-55-52-49-46-30-27-24-21-18-15-12-9-6-3)81-75(78)69-66-63-60-57-54-51-48-45-43-41-38-36-34-32-29-26-23-20-17-14-11-8-5-2/h8,11,17,20-21,24,26,29-30,34,36,41,43,46,48,51,72H,4-7,9-10,12-16,18-19,22-23,25,27-28,31-33,35,37-40,42,44-45,47,49-50,52-71H2,1-3H3/b11-8-,20-17-,24-21-,29-26-,36-34-,43-41-,46-30-,51-48-. The first-order valence-electron chi connectivity index (χ1n) is 34.7. The van der Waals surface area contributed by atoms with E-state index in [0.717, 1.165) is 135 Å². The van der Waals surface area contributed by atoms with Gasteiger partial charge < -0.3 is 14.2 Å². The van der Waals surface area contributed by atoms with Crippen LogP contribution in [0.15, 0.2) is 97.2 Å². The summed E-state index contributed by atoms with van der Waals surface area (Å²) in [5, 5.41) is 0. The predicted octanol–water partition coefficient (Wildman–Crippen LogP) is 24.0. The molecular weight excluding hydrogens is 997 g/mol. The first-order chi connectivity index (χ1) is 40.0. The molecule has 0 aliphatic rings. The van der Waals surface area contributed by atoms with Crippen LogP contribution in [-0.2, 0) is 28.6 Å². The first-order valence-corrected chi connectivity index (χ1v) is 34.7. The molecule has 0 heterocycles. The Labute approximate surface area is 502 Å². The second kappa shape index (κ2) is 68.8. The minimum Gasteiger partial charge on any atom is -0.462 e. The predicted molar refractivity (Wildman–Crippen MR) is 353 cm³/mol. The number of hydrogen-bond donors (Lipinski definition) is 0. The molecule has 6 heteroatoms. The van der Waals surface area contributed by atoms with Gasteiger partial charge in [0.2, 0.25) is 0 Å². The van der Waals surface area contributed by atoms with E-state index >= 15 is 0 Å². The van der Waals surface area contributed by atoms with E-state index in [1.165, 1.54) is 167 Å². The summed E-state index contributed by atoms with van der Waals surface area (Å²) in [6.45, 7) is 6.52. The summed E-state index contributed by atoms with van der Waals surface area (Å²) in [6, 6.07) is 0. The second-order valence-electron chi connectivity index (χ2n) is 23.1. The lowest BCUT2D eigenvalue weighted by Crippen LogP contribution is -2.30. The highest BCUT2D eigenvalue weighted by atomic mass is 16.6. The van der Waals surface area contributed by atoms with Gasteiger partial charge in [-0.05, 0) is 103 Å². The van der Waals surface area contributed by atoms with E-state index < -0.39 is 6.10 Å². The van der Waals surface area contributed by atoms with Crippen LogP contribution in [0.5, 0.6) is 0 Å². The van der Waals surface area contributed by atoms with Gasteiger partial charge in [0.1, 0.15) is 13.2 Å². The van der Waals surface area contributed by atoms with Crippen molar-refractivity contribution in [3.8, 4) is 0 Å². The van der Waals surface area contributed by atoms with Crippen LogP contribution in [0.4, 0.5) is 0 Å². The third-order valence-corrected chi connectivity index (χ3v) is 15.1. The molecule has 0 saturated carbocycles. The van der Waals surface area contributed by atoms with Gasteiger partial charge in [-0.3, -0.25) is 14.4 Å². The van der Waals surface area contributed by atoms with E-state index in [-0.39, 0.29) is 31.1 Å². The molecule has 1 unspecified atom stereocenters. The number of rotatable bonds is 63. The van der Waals surface area contributed by atoms with E-state index in [9.17, 15) is 14.4 Å². The zero-order valence-electron chi connectivity index (χ0n) is 53.5. The smallest absolute Gasteiger partial charge is 0.306 e. The van der Waals surface area contributed by atoms with Gasteiger partial charge in [0.15, 0.2) is 6.10 Å². The monoisotopic (exact) mass is 1130 g/mol. The molecule has 81 heavy (non-hydrogen) atoms. The van der Waals surface area contributed by atoms with Crippen molar-refractivity contribution < 1.29 is 28.6 Å². The fraction of sp³-hybridized carbons (Fsp3) is 0.747. The molecule has 0 saturated heterocycles. The molecule has 0 aliphatic heterocycles. The average molecular weight is 1130 g/mol. The molecule has 0 aliphatic carbocycles. The summed E-state index contributed by atoms with van der Waals surface area (Å²) in [4.78, 5) is 38.4. The number of carbonyl (C=O) groups excluding carboxylic acids is 3. The Hall–Kier alpha value is -3.67. The second-order valence-corrected chi connectivity index (χ2v) is 23.1. The fourth-order valence-corrected chi connectivity index (χ4v) is 9.89. The molecule has 466 valence electrons. The maximum atomic E-state index is 12.9. The van der Waals surface area contributed by atoms with Gasteiger partial charge in [-0.15, -0.1) is 0 Å². The minimum atomic E-state index is -0.799. The quantitative estimate of drug-likeness (QED) is 0.0261. The van der Waals surface area contributed by atoms with Crippen molar-refractivity contribution in [3.63, 3.8) is 0 Å². The highest BCUT2D eigenvalue weighted by Gasteiger charge is 2.19. The molecule has 0 spiro atoms.